The molecular weight excluding hydrogens is 488 g/mol. The van der Waals surface area contributed by atoms with Crippen LogP contribution in [-0.2, 0) is 4.74 Å². The summed E-state index contributed by atoms with van der Waals surface area (Å²) in [6.07, 6.45) is 10.7. The van der Waals surface area contributed by atoms with Crippen LogP contribution in [0.25, 0.3) is 0 Å². The number of hydrogen-bond donors (Lipinski definition) is 0. The van der Waals surface area contributed by atoms with Crippen LogP contribution in [0.1, 0.15) is 92.6 Å². The second-order valence-electron chi connectivity index (χ2n) is 12.7. The topological polar surface area (TPSA) is 56.3 Å². The number of amides is 2. The molecule has 0 saturated carbocycles. The molecule has 5 rings (SSSR count). The summed E-state index contributed by atoms with van der Waals surface area (Å²) in [7, 11) is 2.22. The predicted molar refractivity (Wildman–Crippen MR) is 155 cm³/mol. The molecule has 4 saturated heterocycles. The van der Waals surface area contributed by atoms with E-state index >= 15 is 0 Å². The number of unbranched alkanes of at least 4 members (excludes halogenated alkanes) is 1. The van der Waals surface area contributed by atoms with Gasteiger partial charge in [0, 0.05) is 63.2 Å². The van der Waals surface area contributed by atoms with Gasteiger partial charge >= 0.3 is 6.09 Å². The first-order valence-electron chi connectivity index (χ1n) is 15.6. The monoisotopic (exact) mass is 538 g/mol. The number of nitrogens with zero attached hydrogens (tertiary/aromatic N) is 4. The molecule has 0 N–H and O–H groups in total. The van der Waals surface area contributed by atoms with E-state index in [9.17, 15) is 9.59 Å². The number of piperidine rings is 2. The maximum absolute atomic E-state index is 13.3. The van der Waals surface area contributed by atoms with Crippen LogP contribution in [0, 0.1) is 13.8 Å². The van der Waals surface area contributed by atoms with Crippen LogP contribution in [0.5, 0.6) is 0 Å². The first-order chi connectivity index (χ1) is 18.8. The van der Waals surface area contributed by atoms with Crippen molar-refractivity contribution in [1.29, 1.82) is 0 Å². The zero-order valence-corrected chi connectivity index (χ0v) is 24.8. The Morgan fingerprint density at radius 1 is 1.00 bits per heavy atom. The van der Waals surface area contributed by atoms with Crippen molar-refractivity contribution in [2.75, 3.05) is 46.3 Å². The molecule has 4 aliphatic rings. The summed E-state index contributed by atoms with van der Waals surface area (Å²) in [4.78, 5) is 35.7. The third-order valence-electron chi connectivity index (χ3n) is 10.3. The van der Waals surface area contributed by atoms with Gasteiger partial charge in [-0.25, -0.2) is 4.79 Å². The van der Waals surface area contributed by atoms with Gasteiger partial charge in [0.15, 0.2) is 0 Å². The van der Waals surface area contributed by atoms with Gasteiger partial charge < -0.3 is 19.4 Å². The lowest BCUT2D eigenvalue weighted by atomic mass is 9.81. The van der Waals surface area contributed by atoms with Crippen molar-refractivity contribution < 1.29 is 14.3 Å². The van der Waals surface area contributed by atoms with Crippen molar-refractivity contribution in [3.8, 4) is 0 Å². The van der Waals surface area contributed by atoms with Crippen LogP contribution in [0.15, 0.2) is 18.2 Å². The van der Waals surface area contributed by atoms with Crippen molar-refractivity contribution in [2.45, 2.75) is 109 Å². The highest BCUT2D eigenvalue weighted by Gasteiger charge is 2.54. The molecular formula is C32H50N4O3. The number of carbonyl (C=O) groups excluding carboxylic acids is 2. The van der Waals surface area contributed by atoms with Gasteiger partial charge in [-0.15, -0.1) is 0 Å². The second kappa shape index (κ2) is 12.2. The Labute approximate surface area is 235 Å². The maximum atomic E-state index is 13.3. The van der Waals surface area contributed by atoms with Gasteiger partial charge in [-0.3, -0.25) is 9.69 Å². The first-order valence-corrected chi connectivity index (χ1v) is 15.6. The molecule has 4 aliphatic heterocycles. The Hall–Kier alpha value is -2.12. The fourth-order valence-electron chi connectivity index (χ4n) is 7.85. The predicted octanol–water partition coefficient (Wildman–Crippen LogP) is 5.24. The molecule has 1 aromatic carbocycles. The SMILES string of the molecule is CCCCC1N(CCC2CCCN2C)C(=O)OC12CCN(C1CCN(C(=O)c3c(C)cccc3C)CC1)CC2. The van der Waals surface area contributed by atoms with E-state index in [1.165, 1.54) is 19.4 Å². The summed E-state index contributed by atoms with van der Waals surface area (Å²) in [5, 5.41) is 0. The van der Waals surface area contributed by atoms with Gasteiger partial charge in [0.2, 0.25) is 0 Å². The van der Waals surface area contributed by atoms with Crippen molar-refractivity contribution in [3.63, 3.8) is 0 Å². The molecule has 4 heterocycles. The van der Waals surface area contributed by atoms with E-state index in [1.807, 2.05) is 32.0 Å². The summed E-state index contributed by atoms with van der Waals surface area (Å²) in [5.74, 6) is 0.183. The molecule has 2 amide bonds. The Morgan fingerprint density at radius 3 is 2.31 bits per heavy atom. The molecule has 7 heteroatoms. The van der Waals surface area contributed by atoms with Crippen molar-refractivity contribution in [1.82, 2.24) is 19.6 Å². The number of rotatable bonds is 8. The highest BCUT2D eigenvalue weighted by atomic mass is 16.6. The summed E-state index contributed by atoms with van der Waals surface area (Å²) in [6.45, 7) is 11.9. The van der Waals surface area contributed by atoms with Crippen LogP contribution in [-0.4, -0.2) is 102 Å². The third kappa shape index (κ3) is 5.85. The number of likely N-dealkylation sites (tertiary alicyclic amines) is 3. The van der Waals surface area contributed by atoms with Gasteiger partial charge in [-0.05, 0) is 77.1 Å². The van der Waals surface area contributed by atoms with E-state index in [4.69, 9.17) is 4.74 Å². The van der Waals surface area contributed by atoms with Gasteiger partial charge in [0.1, 0.15) is 5.60 Å². The normalized spacial score (nSPS) is 26.5. The van der Waals surface area contributed by atoms with Crippen LogP contribution < -0.4 is 0 Å². The van der Waals surface area contributed by atoms with Crippen molar-refractivity contribution in [2.24, 2.45) is 0 Å². The molecule has 4 fully saturated rings. The zero-order chi connectivity index (χ0) is 27.6. The highest BCUT2D eigenvalue weighted by Crippen LogP contribution is 2.42. The number of hydrogen-bond acceptors (Lipinski definition) is 5. The van der Waals surface area contributed by atoms with Crippen LogP contribution in [0.3, 0.4) is 0 Å². The van der Waals surface area contributed by atoms with Gasteiger partial charge in [0.05, 0.1) is 6.04 Å². The summed E-state index contributed by atoms with van der Waals surface area (Å²) in [6, 6.07) is 7.40. The molecule has 1 spiro atoms. The van der Waals surface area contributed by atoms with E-state index < -0.39 is 0 Å². The largest absolute Gasteiger partial charge is 0.440 e. The molecule has 1 aromatic rings. The van der Waals surface area contributed by atoms with Gasteiger partial charge in [-0.2, -0.15) is 0 Å². The molecule has 0 radical (unpaired) electrons. The lowest BCUT2D eigenvalue weighted by Gasteiger charge is -2.46. The molecule has 2 atom stereocenters. The molecule has 39 heavy (non-hydrogen) atoms. The van der Waals surface area contributed by atoms with E-state index in [2.05, 4.69) is 33.6 Å². The van der Waals surface area contributed by atoms with Gasteiger partial charge in [0.25, 0.3) is 5.91 Å². The van der Waals surface area contributed by atoms with Crippen molar-refractivity contribution in [3.05, 3.63) is 34.9 Å². The van der Waals surface area contributed by atoms with E-state index in [0.717, 1.165) is 101 Å². The number of carbonyl (C=O) groups is 2. The molecule has 7 nitrogen and oxygen atoms in total. The minimum Gasteiger partial charge on any atom is -0.440 e. The summed E-state index contributed by atoms with van der Waals surface area (Å²) >= 11 is 0. The van der Waals surface area contributed by atoms with Crippen molar-refractivity contribution >= 4 is 12.0 Å². The van der Waals surface area contributed by atoms with Crippen LogP contribution in [0.2, 0.25) is 0 Å². The fourth-order valence-corrected chi connectivity index (χ4v) is 7.85. The third-order valence-corrected chi connectivity index (χ3v) is 10.3. The molecule has 0 aliphatic carbocycles. The lowest BCUT2D eigenvalue weighted by molar-refractivity contribution is -0.0382. The summed E-state index contributed by atoms with van der Waals surface area (Å²) < 4.78 is 6.30. The average molecular weight is 539 g/mol. The molecule has 0 aromatic heterocycles. The minimum absolute atomic E-state index is 0.0801. The Kier molecular flexibility index (Phi) is 8.87. The number of aryl methyl sites for hydroxylation is 2. The average Bonchev–Trinajstić information content (AvgIpc) is 3.45. The Morgan fingerprint density at radius 2 is 1.69 bits per heavy atom. The number of ether oxygens (including phenoxy) is 1. The van der Waals surface area contributed by atoms with E-state index in [1.54, 1.807) is 0 Å². The quantitative estimate of drug-likeness (QED) is 0.453. The Balaban J connectivity index is 1.17. The first kappa shape index (κ1) is 28.4. The fraction of sp³-hybridized carbons (Fsp3) is 0.750. The smallest absolute Gasteiger partial charge is 0.410 e. The molecule has 0 bridgehead atoms. The molecule has 2 unspecified atom stereocenters. The van der Waals surface area contributed by atoms with E-state index in [0.29, 0.717) is 12.1 Å². The zero-order valence-electron chi connectivity index (χ0n) is 24.8. The Bertz CT molecular complexity index is 992. The number of benzene rings is 1. The molecule has 216 valence electrons. The maximum Gasteiger partial charge on any atom is 0.410 e. The highest BCUT2D eigenvalue weighted by molar-refractivity contribution is 5.97. The minimum atomic E-state index is -0.330. The lowest BCUT2D eigenvalue weighted by Crippen LogP contribution is -2.56. The van der Waals surface area contributed by atoms with E-state index in [-0.39, 0.29) is 23.6 Å². The van der Waals surface area contributed by atoms with Crippen LogP contribution >= 0.6 is 0 Å². The standard InChI is InChI=1S/C32H50N4O3/c1-5-6-12-28-32(39-31(38)36(28)21-15-26-11-8-18-33(26)4)16-22-34(23-17-32)27-13-19-35(20-14-27)30(37)29-24(2)9-7-10-25(29)3/h7,9-10,26-28H,5-6,8,11-23H2,1-4H3. The summed E-state index contributed by atoms with van der Waals surface area (Å²) in [5.41, 5.74) is 2.68. The second-order valence-corrected chi connectivity index (χ2v) is 12.7. The van der Waals surface area contributed by atoms with Gasteiger partial charge in [-0.1, -0.05) is 38.0 Å². The van der Waals surface area contributed by atoms with Crippen LogP contribution in [0.4, 0.5) is 4.79 Å².